The maximum absolute atomic E-state index is 14.4. The number of benzene rings is 2. The van der Waals surface area contributed by atoms with Gasteiger partial charge in [-0.1, -0.05) is 6.07 Å². The molecule has 0 saturated heterocycles. The molecule has 2 aromatic carbocycles. The molecule has 2 aromatic rings. The number of nitrogens with zero attached hydrogens (tertiary/aromatic N) is 1. The van der Waals surface area contributed by atoms with Gasteiger partial charge in [0, 0.05) is 11.5 Å². The number of ether oxygens (including phenoxy) is 1. The minimum atomic E-state index is -4.65. The van der Waals surface area contributed by atoms with Crippen LogP contribution in [0.3, 0.4) is 0 Å². The number of nitrogens with one attached hydrogen (secondary N) is 1. The zero-order chi connectivity index (χ0) is 22.5. The summed E-state index contributed by atoms with van der Waals surface area (Å²) in [5, 5.41) is 1.70. The fourth-order valence-corrected chi connectivity index (χ4v) is 2.83. The third-order valence-electron chi connectivity index (χ3n) is 3.52. The van der Waals surface area contributed by atoms with Crippen LogP contribution in [0, 0.1) is 17.5 Å². The molecule has 0 aliphatic rings. The van der Waals surface area contributed by atoms with Crippen molar-refractivity contribution in [3.8, 4) is 0 Å². The van der Waals surface area contributed by atoms with E-state index in [0.29, 0.717) is 11.0 Å². The molecule has 0 bridgehead atoms. The number of carbonyl (C=O) groups excluding carboxylic acids is 2. The van der Waals surface area contributed by atoms with Crippen molar-refractivity contribution in [2.24, 2.45) is 0 Å². The highest BCUT2D eigenvalue weighted by Crippen LogP contribution is 2.38. The van der Waals surface area contributed by atoms with Gasteiger partial charge in [0.05, 0.1) is 5.69 Å². The van der Waals surface area contributed by atoms with E-state index in [-0.39, 0.29) is 6.61 Å². The molecule has 0 aromatic heterocycles. The molecule has 0 unspecified atom stereocenters. The van der Waals surface area contributed by atoms with Crippen LogP contribution in [-0.2, 0) is 4.74 Å². The Kier molecular flexibility index (Phi) is 7.73. The number of carbonyl (C=O) groups is 2. The zero-order valence-corrected chi connectivity index (χ0v) is 16.0. The predicted molar refractivity (Wildman–Crippen MR) is 96.5 cm³/mol. The van der Waals surface area contributed by atoms with Gasteiger partial charge in [-0.3, -0.25) is 15.0 Å². The lowest BCUT2D eigenvalue weighted by atomic mass is 10.2. The normalized spacial score (nSPS) is 11.3. The Morgan fingerprint density at radius 2 is 1.70 bits per heavy atom. The highest BCUT2D eigenvalue weighted by molar-refractivity contribution is 8.00. The summed E-state index contributed by atoms with van der Waals surface area (Å²) in [6.07, 6.45) is 0. The number of amides is 3. The predicted octanol–water partition coefficient (Wildman–Crippen LogP) is 5.07. The first-order valence-corrected chi connectivity index (χ1v) is 9.05. The fourth-order valence-electron chi connectivity index (χ4n) is 2.27. The highest BCUT2D eigenvalue weighted by atomic mass is 32.2. The molecular formula is C18H14F6N2O3S. The van der Waals surface area contributed by atoms with Gasteiger partial charge in [-0.15, -0.1) is 0 Å². The molecule has 0 heterocycles. The SMILES string of the molecule is CCOCN(C(=O)NC(=O)c1c(F)cccc1F)c1ccc(SC(F)(F)F)cc1F. The van der Waals surface area contributed by atoms with Crippen LogP contribution in [0.4, 0.5) is 36.8 Å². The smallest absolute Gasteiger partial charge is 0.361 e. The molecular weight excluding hydrogens is 438 g/mol. The van der Waals surface area contributed by atoms with Gasteiger partial charge in [0.1, 0.15) is 29.7 Å². The van der Waals surface area contributed by atoms with Crippen LogP contribution in [0.5, 0.6) is 0 Å². The summed E-state index contributed by atoms with van der Waals surface area (Å²) in [6, 6.07) is 3.68. The molecule has 0 aliphatic heterocycles. The molecule has 0 fully saturated rings. The Balaban J connectivity index is 2.29. The number of hydrogen-bond acceptors (Lipinski definition) is 4. The lowest BCUT2D eigenvalue weighted by molar-refractivity contribution is -0.0328. The van der Waals surface area contributed by atoms with Crippen LogP contribution in [0.1, 0.15) is 17.3 Å². The minimum Gasteiger partial charge on any atom is -0.361 e. The van der Waals surface area contributed by atoms with E-state index < -0.39 is 69.5 Å². The summed E-state index contributed by atoms with van der Waals surface area (Å²) in [6.45, 7) is 1.04. The van der Waals surface area contributed by atoms with Crippen molar-refractivity contribution in [1.29, 1.82) is 0 Å². The summed E-state index contributed by atoms with van der Waals surface area (Å²) in [5.41, 5.74) is -6.18. The van der Waals surface area contributed by atoms with Gasteiger partial charge in [-0.2, -0.15) is 13.2 Å². The number of rotatable bonds is 6. The zero-order valence-electron chi connectivity index (χ0n) is 15.2. The van der Waals surface area contributed by atoms with Crippen molar-refractivity contribution in [3.63, 3.8) is 0 Å². The van der Waals surface area contributed by atoms with Crippen molar-refractivity contribution in [2.45, 2.75) is 17.3 Å². The van der Waals surface area contributed by atoms with Gasteiger partial charge in [0.25, 0.3) is 5.91 Å². The van der Waals surface area contributed by atoms with Gasteiger partial charge >= 0.3 is 11.5 Å². The van der Waals surface area contributed by atoms with Gasteiger partial charge < -0.3 is 4.74 Å². The Morgan fingerprint density at radius 1 is 1.07 bits per heavy atom. The van der Waals surface area contributed by atoms with Crippen LogP contribution in [0.15, 0.2) is 41.3 Å². The number of halogens is 6. The second-order valence-electron chi connectivity index (χ2n) is 5.57. The highest BCUT2D eigenvalue weighted by Gasteiger charge is 2.30. The van der Waals surface area contributed by atoms with Crippen molar-refractivity contribution >= 4 is 29.4 Å². The Labute approximate surface area is 171 Å². The van der Waals surface area contributed by atoms with Crippen molar-refractivity contribution in [2.75, 3.05) is 18.2 Å². The number of thioether (sulfide) groups is 1. The summed E-state index contributed by atoms with van der Waals surface area (Å²) in [5.74, 6) is -5.09. The van der Waals surface area contributed by atoms with E-state index in [4.69, 9.17) is 4.74 Å². The number of alkyl halides is 3. The molecule has 1 N–H and O–H groups in total. The average molecular weight is 452 g/mol. The van der Waals surface area contributed by atoms with Gasteiger partial charge in [-0.25, -0.2) is 18.0 Å². The van der Waals surface area contributed by atoms with Crippen LogP contribution in [0.25, 0.3) is 0 Å². The molecule has 3 amide bonds. The van der Waals surface area contributed by atoms with Gasteiger partial charge in [0.2, 0.25) is 0 Å². The molecule has 2 rings (SSSR count). The van der Waals surface area contributed by atoms with Gasteiger partial charge in [-0.05, 0) is 49.0 Å². The number of anilines is 1. The largest absolute Gasteiger partial charge is 0.446 e. The first-order chi connectivity index (χ1) is 14.0. The monoisotopic (exact) mass is 452 g/mol. The number of hydrogen-bond donors (Lipinski definition) is 1. The molecule has 0 aliphatic carbocycles. The number of urea groups is 1. The van der Waals surface area contributed by atoms with Crippen LogP contribution >= 0.6 is 11.8 Å². The van der Waals surface area contributed by atoms with Crippen LogP contribution in [0.2, 0.25) is 0 Å². The maximum Gasteiger partial charge on any atom is 0.446 e. The quantitative estimate of drug-likeness (QED) is 0.378. The minimum absolute atomic E-state index is 0.0727. The number of imide groups is 1. The first kappa shape index (κ1) is 23.5. The van der Waals surface area contributed by atoms with E-state index in [2.05, 4.69) is 0 Å². The molecule has 0 spiro atoms. The molecule has 5 nitrogen and oxygen atoms in total. The third kappa shape index (κ3) is 6.13. The first-order valence-electron chi connectivity index (χ1n) is 8.23. The third-order valence-corrected chi connectivity index (χ3v) is 4.24. The molecule has 30 heavy (non-hydrogen) atoms. The molecule has 0 saturated carbocycles. The lowest BCUT2D eigenvalue weighted by Crippen LogP contribution is -2.45. The van der Waals surface area contributed by atoms with Gasteiger partial charge in [0.15, 0.2) is 0 Å². The van der Waals surface area contributed by atoms with E-state index >= 15 is 0 Å². The standard InChI is InChI=1S/C18H14F6N2O3S/c1-2-29-9-26(14-7-6-10(8-13(14)21)30-18(22,23)24)17(28)25-16(27)15-11(19)4-3-5-12(15)20/h3-8H,2,9H2,1H3,(H,25,27,28). The maximum atomic E-state index is 14.4. The summed E-state index contributed by atoms with van der Waals surface area (Å²) in [7, 11) is 0. The Morgan fingerprint density at radius 3 is 2.23 bits per heavy atom. The molecule has 12 heteroatoms. The Bertz CT molecular complexity index is 918. The van der Waals surface area contributed by atoms with E-state index in [1.807, 2.05) is 0 Å². The second-order valence-corrected chi connectivity index (χ2v) is 6.71. The van der Waals surface area contributed by atoms with E-state index in [9.17, 15) is 35.9 Å². The average Bonchev–Trinajstić information content (AvgIpc) is 2.62. The Hall–Kier alpha value is -2.73. The van der Waals surface area contributed by atoms with Crippen LogP contribution in [-0.4, -0.2) is 30.8 Å². The molecule has 162 valence electrons. The summed E-state index contributed by atoms with van der Waals surface area (Å²) < 4.78 is 84.2. The topological polar surface area (TPSA) is 58.6 Å². The van der Waals surface area contributed by atoms with Crippen molar-refractivity contribution < 1.29 is 40.7 Å². The summed E-state index contributed by atoms with van der Waals surface area (Å²) >= 11 is -0.555. The molecule has 0 radical (unpaired) electrons. The molecule has 0 atom stereocenters. The second kappa shape index (κ2) is 9.85. The van der Waals surface area contributed by atoms with E-state index in [0.717, 1.165) is 30.3 Å². The summed E-state index contributed by atoms with van der Waals surface area (Å²) in [4.78, 5) is 24.6. The van der Waals surface area contributed by atoms with Crippen LogP contribution < -0.4 is 10.2 Å². The van der Waals surface area contributed by atoms with E-state index in [1.54, 1.807) is 12.2 Å². The van der Waals surface area contributed by atoms with Crippen molar-refractivity contribution in [3.05, 3.63) is 59.4 Å². The fraction of sp³-hybridized carbons (Fsp3) is 0.222. The van der Waals surface area contributed by atoms with Crippen molar-refractivity contribution in [1.82, 2.24) is 5.32 Å². The lowest BCUT2D eigenvalue weighted by Gasteiger charge is -2.23. The van der Waals surface area contributed by atoms with E-state index in [1.165, 1.54) is 0 Å².